The van der Waals surface area contributed by atoms with Crippen molar-refractivity contribution in [1.82, 2.24) is 15.1 Å². The van der Waals surface area contributed by atoms with Crippen molar-refractivity contribution in [3.8, 4) is 11.1 Å². The van der Waals surface area contributed by atoms with Gasteiger partial charge in [0.25, 0.3) is 0 Å². The van der Waals surface area contributed by atoms with E-state index in [1.807, 2.05) is 0 Å². The van der Waals surface area contributed by atoms with Crippen LogP contribution in [0.5, 0.6) is 0 Å². The minimum atomic E-state index is 0.716. The largest absolute Gasteiger partial charge is 0.316 e. The average Bonchev–Trinajstić information content (AvgIpc) is 3.03. The fourth-order valence-electron chi connectivity index (χ4n) is 2.84. The van der Waals surface area contributed by atoms with Gasteiger partial charge in [0.05, 0.1) is 5.69 Å². The Morgan fingerprint density at radius 1 is 1.40 bits per heavy atom. The Morgan fingerprint density at radius 3 is 2.95 bits per heavy atom. The van der Waals surface area contributed by atoms with Crippen molar-refractivity contribution < 1.29 is 0 Å². The minimum absolute atomic E-state index is 0.716. The zero-order valence-corrected chi connectivity index (χ0v) is 13.6. The molecule has 20 heavy (non-hydrogen) atoms. The smallest absolute Gasteiger partial charge is 0.0672 e. The molecule has 1 aromatic heterocycles. The minimum Gasteiger partial charge on any atom is -0.316 e. The summed E-state index contributed by atoms with van der Waals surface area (Å²) in [7, 11) is 0. The quantitative estimate of drug-likeness (QED) is 0.930. The highest BCUT2D eigenvalue weighted by Gasteiger charge is 2.16. The van der Waals surface area contributed by atoms with Crippen LogP contribution < -0.4 is 5.32 Å². The topological polar surface area (TPSA) is 29.9 Å². The highest BCUT2D eigenvalue weighted by molar-refractivity contribution is 9.10. The van der Waals surface area contributed by atoms with Crippen molar-refractivity contribution in [3.05, 3.63) is 40.1 Å². The summed E-state index contributed by atoms with van der Waals surface area (Å²) < 4.78 is 3.27. The molecule has 0 radical (unpaired) electrons. The van der Waals surface area contributed by atoms with Gasteiger partial charge in [0.1, 0.15) is 0 Å². The number of halogens is 1. The lowest BCUT2D eigenvalue weighted by atomic mass is 10.0. The van der Waals surface area contributed by atoms with Gasteiger partial charge in [0.15, 0.2) is 0 Å². The molecule has 1 unspecified atom stereocenters. The second-order valence-electron chi connectivity index (χ2n) is 5.67. The fraction of sp³-hybridized carbons (Fsp3) is 0.438. The highest BCUT2D eigenvalue weighted by atomic mass is 79.9. The van der Waals surface area contributed by atoms with Gasteiger partial charge in [-0.05, 0) is 56.5 Å². The van der Waals surface area contributed by atoms with Gasteiger partial charge < -0.3 is 5.32 Å². The molecule has 3 nitrogen and oxygen atoms in total. The standard InChI is InChI=1S/C16H20BrN3/c1-11-7-14(3-4-16(11)17)15-10-20(19-12(15)2)9-13-5-6-18-8-13/h3-4,7,10,13,18H,5-6,8-9H2,1-2H3. The fourth-order valence-corrected chi connectivity index (χ4v) is 3.09. The van der Waals surface area contributed by atoms with E-state index < -0.39 is 0 Å². The Morgan fingerprint density at radius 2 is 2.25 bits per heavy atom. The van der Waals surface area contributed by atoms with E-state index in [9.17, 15) is 0 Å². The van der Waals surface area contributed by atoms with Gasteiger partial charge in [-0.1, -0.05) is 28.1 Å². The lowest BCUT2D eigenvalue weighted by Crippen LogP contribution is -2.14. The second-order valence-corrected chi connectivity index (χ2v) is 6.53. The first-order valence-corrected chi connectivity index (χ1v) is 7.94. The van der Waals surface area contributed by atoms with Crippen LogP contribution in [0.1, 0.15) is 17.7 Å². The lowest BCUT2D eigenvalue weighted by molar-refractivity contribution is 0.448. The van der Waals surface area contributed by atoms with Crippen LogP contribution in [0.4, 0.5) is 0 Å². The number of nitrogens with zero attached hydrogens (tertiary/aromatic N) is 2. The zero-order valence-electron chi connectivity index (χ0n) is 12.0. The van der Waals surface area contributed by atoms with Gasteiger partial charge in [0, 0.05) is 22.8 Å². The normalized spacial score (nSPS) is 18.6. The molecule has 2 heterocycles. The van der Waals surface area contributed by atoms with E-state index in [4.69, 9.17) is 0 Å². The summed E-state index contributed by atoms with van der Waals surface area (Å²) in [6.07, 6.45) is 3.45. The molecule has 4 heteroatoms. The molecule has 1 aliphatic heterocycles. The van der Waals surface area contributed by atoms with E-state index in [-0.39, 0.29) is 0 Å². The molecule has 1 atom stereocenters. The molecule has 0 bridgehead atoms. The first-order chi connectivity index (χ1) is 9.63. The summed E-state index contributed by atoms with van der Waals surface area (Å²) in [6, 6.07) is 6.49. The third-order valence-corrected chi connectivity index (χ3v) is 4.91. The van der Waals surface area contributed by atoms with Crippen molar-refractivity contribution in [1.29, 1.82) is 0 Å². The molecule has 1 saturated heterocycles. The number of rotatable bonds is 3. The monoisotopic (exact) mass is 333 g/mol. The van der Waals surface area contributed by atoms with Crippen LogP contribution in [-0.4, -0.2) is 22.9 Å². The summed E-state index contributed by atoms with van der Waals surface area (Å²) in [5, 5.41) is 8.09. The van der Waals surface area contributed by atoms with E-state index in [1.165, 1.54) is 23.1 Å². The maximum absolute atomic E-state index is 4.68. The van der Waals surface area contributed by atoms with E-state index in [0.717, 1.165) is 29.8 Å². The Balaban J connectivity index is 1.85. The van der Waals surface area contributed by atoms with Crippen LogP contribution >= 0.6 is 15.9 Å². The van der Waals surface area contributed by atoms with E-state index in [1.54, 1.807) is 0 Å². The molecule has 106 valence electrons. The number of nitrogens with one attached hydrogen (secondary N) is 1. The second kappa shape index (κ2) is 5.70. The van der Waals surface area contributed by atoms with Gasteiger partial charge in [-0.2, -0.15) is 5.10 Å². The van der Waals surface area contributed by atoms with Gasteiger partial charge in [-0.15, -0.1) is 0 Å². The van der Waals surface area contributed by atoms with Crippen LogP contribution in [0.3, 0.4) is 0 Å². The molecular formula is C16H20BrN3. The maximum Gasteiger partial charge on any atom is 0.0672 e. The Kier molecular flexibility index (Phi) is 3.94. The van der Waals surface area contributed by atoms with Crippen molar-refractivity contribution in [2.24, 2.45) is 5.92 Å². The molecule has 1 N–H and O–H groups in total. The molecule has 0 amide bonds. The molecule has 2 aromatic rings. The number of aromatic nitrogens is 2. The van der Waals surface area contributed by atoms with Crippen molar-refractivity contribution in [2.45, 2.75) is 26.8 Å². The predicted octanol–water partition coefficient (Wildman–Crippen LogP) is 3.54. The van der Waals surface area contributed by atoms with E-state index in [0.29, 0.717) is 5.92 Å². The van der Waals surface area contributed by atoms with Crippen molar-refractivity contribution >= 4 is 15.9 Å². The maximum atomic E-state index is 4.68. The molecule has 1 aromatic carbocycles. The van der Waals surface area contributed by atoms with Crippen molar-refractivity contribution in [3.63, 3.8) is 0 Å². The van der Waals surface area contributed by atoms with Crippen LogP contribution in [0.2, 0.25) is 0 Å². The van der Waals surface area contributed by atoms with Crippen LogP contribution in [0, 0.1) is 19.8 Å². The summed E-state index contributed by atoms with van der Waals surface area (Å²) in [4.78, 5) is 0. The van der Waals surface area contributed by atoms with E-state index >= 15 is 0 Å². The Hall–Kier alpha value is -1.13. The summed E-state index contributed by atoms with van der Waals surface area (Å²) in [5.41, 5.74) is 4.86. The van der Waals surface area contributed by atoms with Gasteiger partial charge in [-0.25, -0.2) is 0 Å². The molecule has 1 aliphatic rings. The number of benzene rings is 1. The first kappa shape index (κ1) is 13.8. The van der Waals surface area contributed by atoms with Crippen LogP contribution in [0.15, 0.2) is 28.9 Å². The molecule has 1 fully saturated rings. The number of hydrogen-bond acceptors (Lipinski definition) is 2. The highest BCUT2D eigenvalue weighted by Crippen LogP contribution is 2.27. The summed E-state index contributed by atoms with van der Waals surface area (Å²) in [5.74, 6) is 0.716. The number of hydrogen-bond donors (Lipinski definition) is 1. The molecule has 0 aliphatic carbocycles. The zero-order chi connectivity index (χ0) is 14.1. The Bertz CT molecular complexity index is 612. The molecule has 0 spiro atoms. The van der Waals surface area contributed by atoms with Gasteiger partial charge in [0.2, 0.25) is 0 Å². The summed E-state index contributed by atoms with van der Waals surface area (Å²) >= 11 is 3.56. The third kappa shape index (κ3) is 2.81. The summed E-state index contributed by atoms with van der Waals surface area (Å²) in [6.45, 7) is 7.49. The van der Waals surface area contributed by atoms with E-state index in [2.05, 4.69) is 69.3 Å². The SMILES string of the molecule is Cc1cc(-c2cn(CC3CCNC3)nc2C)ccc1Br. The molecule has 0 saturated carbocycles. The average molecular weight is 334 g/mol. The Labute approximate surface area is 128 Å². The van der Waals surface area contributed by atoms with Crippen LogP contribution in [0.25, 0.3) is 11.1 Å². The van der Waals surface area contributed by atoms with Crippen molar-refractivity contribution in [2.75, 3.05) is 13.1 Å². The van der Waals surface area contributed by atoms with Gasteiger partial charge in [-0.3, -0.25) is 4.68 Å². The molecule has 3 rings (SSSR count). The number of aryl methyl sites for hydroxylation is 2. The lowest BCUT2D eigenvalue weighted by Gasteiger charge is -2.07. The third-order valence-electron chi connectivity index (χ3n) is 4.02. The van der Waals surface area contributed by atoms with Crippen LogP contribution in [-0.2, 0) is 6.54 Å². The van der Waals surface area contributed by atoms with Gasteiger partial charge >= 0.3 is 0 Å². The first-order valence-electron chi connectivity index (χ1n) is 7.15. The molecular weight excluding hydrogens is 314 g/mol. The predicted molar refractivity (Wildman–Crippen MR) is 85.8 cm³/mol.